The molecule has 1 aliphatic heterocycles. The summed E-state index contributed by atoms with van der Waals surface area (Å²) in [5.41, 5.74) is 0. The maximum Gasteiger partial charge on any atom is 0.317 e. The van der Waals surface area contributed by atoms with E-state index in [2.05, 4.69) is 17.3 Å². The van der Waals surface area contributed by atoms with Gasteiger partial charge in [-0.2, -0.15) is 0 Å². The van der Waals surface area contributed by atoms with Crippen LogP contribution in [0.4, 0.5) is 4.79 Å². The number of piperazine rings is 1. The fraction of sp³-hybridized carbons (Fsp3) is 0.867. The van der Waals surface area contributed by atoms with Crippen molar-refractivity contribution in [2.45, 2.75) is 38.6 Å². The van der Waals surface area contributed by atoms with Crippen molar-refractivity contribution in [3.63, 3.8) is 0 Å². The molecule has 2 rings (SSSR count). The summed E-state index contributed by atoms with van der Waals surface area (Å²) < 4.78 is 0. The summed E-state index contributed by atoms with van der Waals surface area (Å²) in [4.78, 5) is 29.6. The van der Waals surface area contributed by atoms with Crippen LogP contribution in [-0.2, 0) is 4.79 Å². The molecule has 2 aliphatic rings. The van der Waals surface area contributed by atoms with Crippen molar-refractivity contribution in [2.75, 3.05) is 46.3 Å². The van der Waals surface area contributed by atoms with Gasteiger partial charge in [-0.05, 0) is 26.8 Å². The minimum absolute atomic E-state index is 0.0435. The molecular formula is C15H28N4O2. The molecule has 2 fully saturated rings. The van der Waals surface area contributed by atoms with Gasteiger partial charge in [-0.3, -0.25) is 4.79 Å². The van der Waals surface area contributed by atoms with Gasteiger partial charge in [-0.25, -0.2) is 4.79 Å². The first kappa shape index (κ1) is 16.1. The van der Waals surface area contributed by atoms with Crippen LogP contribution in [0.2, 0.25) is 0 Å². The number of nitrogens with zero attached hydrogens (tertiary/aromatic N) is 3. The van der Waals surface area contributed by atoms with Crippen LogP contribution in [-0.4, -0.2) is 79.0 Å². The van der Waals surface area contributed by atoms with Crippen LogP contribution in [0.1, 0.15) is 32.6 Å². The first-order valence-electron chi connectivity index (χ1n) is 8.12. The average Bonchev–Trinajstić information content (AvgIpc) is 3.01. The Bertz CT molecular complexity index is 369. The van der Waals surface area contributed by atoms with E-state index >= 15 is 0 Å². The summed E-state index contributed by atoms with van der Waals surface area (Å²) in [6.45, 7) is 5.69. The highest BCUT2D eigenvalue weighted by molar-refractivity contribution is 5.85. The van der Waals surface area contributed by atoms with Gasteiger partial charge < -0.3 is 20.0 Å². The highest BCUT2D eigenvalue weighted by Crippen LogP contribution is 2.21. The van der Waals surface area contributed by atoms with Crippen LogP contribution in [0.5, 0.6) is 0 Å². The molecule has 21 heavy (non-hydrogen) atoms. The van der Waals surface area contributed by atoms with Crippen LogP contribution in [0.25, 0.3) is 0 Å². The molecule has 0 bridgehead atoms. The van der Waals surface area contributed by atoms with Gasteiger partial charge in [0.1, 0.15) is 6.54 Å². The van der Waals surface area contributed by atoms with E-state index in [4.69, 9.17) is 0 Å². The zero-order valence-electron chi connectivity index (χ0n) is 13.3. The molecule has 0 radical (unpaired) electrons. The van der Waals surface area contributed by atoms with Gasteiger partial charge in [-0.15, -0.1) is 0 Å². The molecule has 0 unspecified atom stereocenters. The van der Waals surface area contributed by atoms with Gasteiger partial charge in [0, 0.05) is 38.8 Å². The van der Waals surface area contributed by atoms with E-state index in [1.807, 2.05) is 6.92 Å². The molecule has 3 amide bonds. The number of urea groups is 1. The summed E-state index contributed by atoms with van der Waals surface area (Å²) in [5, 5.41) is 2.93. The summed E-state index contributed by atoms with van der Waals surface area (Å²) in [7, 11) is 2.13. The minimum atomic E-state index is -0.112. The number of likely N-dealkylation sites (N-methyl/N-ethyl adjacent to an activating group) is 2. The Balaban J connectivity index is 1.66. The molecule has 1 saturated carbocycles. The largest absolute Gasteiger partial charge is 0.340 e. The Morgan fingerprint density at radius 3 is 2.67 bits per heavy atom. The first-order chi connectivity index (χ1) is 10.1. The molecule has 0 aromatic heterocycles. The van der Waals surface area contributed by atoms with Gasteiger partial charge in [0.05, 0.1) is 0 Å². The van der Waals surface area contributed by atoms with Crippen molar-refractivity contribution in [3.05, 3.63) is 0 Å². The molecule has 0 aromatic rings. The molecule has 6 heteroatoms. The van der Waals surface area contributed by atoms with Crippen LogP contribution >= 0.6 is 0 Å². The summed E-state index contributed by atoms with van der Waals surface area (Å²) in [5.74, 6) is 0.0435. The van der Waals surface area contributed by atoms with Crippen molar-refractivity contribution in [3.8, 4) is 0 Å². The second-order valence-electron chi connectivity index (χ2n) is 6.05. The van der Waals surface area contributed by atoms with Crippen molar-refractivity contribution in [1.29, 1.82) is 0 Å². The van der Waals surface area contributed by atoms with E-state index in [1.165, 1.54) is 25.7 Å². The molecule has 1 heterocycles. The minimum Gasteiger partial charge on any atom is -0.340 e. The van der Waals surface area contributed by atoms with E-state index in [0.717, 1.165) is 13.1 Å². The SMILES string of the molecule is CCN1CCN(C(=O)NCCN(C)C2CCCC2)CC1=O. The van der Waals surface area contributed by atoms with E-state index in [-0.39, 0.29) is 18.5 Å². The number of carbonyl (C=O) groups is 2. The highest BCUT2D eigenvalue weighted by atomic mass is 16.2. The highest BCUT2D eigenvalue weighted by Gasteiger charge is 2.26. The van der Waals surface area contributed by atoms with Crippen molar-refractivity contribution < 1.29 is 9.59 Å². The lowest BCUT2D eigenvalue weighted by molar-refractivity contribution is -0.134. The smallest absolute Gasteiger partial charge is 0.317 e. The van der Waals surface area contributed by atoms with Crippen LogP contribution in [0.3, 0.4) is 0 Å². The lowest BCUT2D eigenvalue weighted by atomic mass is 10.2. The third-order valence-electron chi connectivity index (χ3n) is 4.68. The predicted octanol–water partition coefficient (Wildman–Crippen LogP) is 0.735. The van der Waals surface area contributed by atoms with E-state index in [9.17, 15) is 9.59 Å². The van der Waals surface area contributed by atoms with Gasteiger partial charge in [0.15, 0.2) is 0 Å². The maximum absolute atomic E-state index is 12.1. The van der Waals surface area contributed by atoms with Gasteiger partial charge in [0.2, 0.25) is 5.91 Å². The molecule has 120 valence electrons. The monoisotopic (exact) mass is 296 g/mol. The molecule has 0 aromatic carbocycles. The maximum atomic E-state index is 12.1. The van der Waals surface area contributed by atoms with Crippen LogP contribution in [0, 0.1) is 0 Å². The molecular weight excluding hydrogens is 268 g/mol. The Kier molecular flexibility index (Phi) is 5.85. The number of hydrogen-bond acceptors (Lipinski definition) is 3. The molecule has 6 nitrogen and oxygen atoms in total. The van der Waals surface area contributed by atoms with Crippen LogP contribution in [0.15, 0.2) is 0 Å². The third-order valence-corrected chi connectivity index (χ3v) is 4.68. The summed E-state index contributed by atoms with van der Waals surface area (Å²) >= 11 is 0. The summed E-state index contributed by atoms with van der Waals surface area (Å²) in [6.07, 6.45) is 5.20. The number of amides is 3. The number of carbonyl (C=O) groups excluding carboxylic acids is 2. The third kappa shape index (κ3) is 4.33. The standard InChI is InChI=1S/C15H28N4O2/c1-3-18-10-11-19(12-14(18)20)15(21)16-8-9-17(2)13-6-4-5-7-13/h13H,3-12H2,1-2H3,(H,16,21). The topological polar surface area (TPSA) is 55.9 Å². The predicted molar refractivity (Wildman–Crippen MR) is 82.1 cm³/mol. The molecule has 0 spiro atoms. The Morgan fingerprint density at radius 1 is 1.33 bits per heavy atom. The Morgan fingerprint density at radius 2 is 2.05 bits per heavy atom. The lowest BCUT2D eigenvalue weighted by Gasteiger charge is -2.33. The van der Waals surface area contributed by atoms with Crippen molar-refractivity contribution in [2.24, 2.45) is 0 Å². The van der Waals surface area contributed by atoms with Crippen LogP contribution < -0.4 is 5.32 Å². The second kappa shape index (κ2) is 7.64. The quantitative estimate of drug-likeness (QED) is 0.814. The Labute approximate surface area is 127 Å². The number of rotatable bonds is 5. The van der Waals surface area contributed by atoms with E-state index < -0.39 is 0 Å². The fourth-order valence-corrected chi connectivity index (χ4v) is 3.19. The van der Waals surface area contributed by atoms with Crippen molar-refractivity contribution >= 4 is 11.9 Å². The van der Waals surface area contributed by atoms with E-state index in [1.54, 1.807) is 9.80 Å². The molecule has 0 atom stereocenters. The molecule has 1 saturated heterocycles. The first-order valence-corrected chi connectivity index (χ1v) is 8.12. The van der Waals surface area contributed by atoms with Gasteiger partial charge in [0.25, 0.3) is 0 Å². The van der Waals surface area contributed by atoms with Crippen molar-refractivity contribution in [1.82, 2.24) is 20.0 Å². The summed E-state index contributed by atoms with van der Waals surface area (Å²) in [6, 6.07) is 0.565. The zero-order valence-corrected chi connectivity index (χ0v) is 13.3. The number of hydrogen-bond donors (Lipinski definition) is 1. The average molecular weight is 296 g/mol. The normalized spacial score (nSPS) is 20.4. The molecule has 1 N–H and O–H groups in total. The van der Waals surface area contributed by atoms with Gasteiger partial charge in [-0.1, -0.05) is 12.8 Å². The van der Waals surface area contributed by atoms with Gasteiger partial charge >= 0.3 is 6.03 Å². The molecule has 1 aliphatic carbocycles. The van der Waals surface area contributed by atoms with E-state index in [0.29, 0.717) is 25.7 Å². The second-order valence-corrected chi connectivity index (χ2v) is 6.05. The Hall–Kier alpha value is -1.30. The number of nitrogens with one attached hydrogen (secondary N) is 1. The lowest BCUT2D eigenvalue weighted by Crippen LogP contribution is -2.55. The zero-order chi connectivity index (χ0) is 15.2. The fourth-order valence-electron chi connectivity index (χ4n) is 3.19.